The fourth-order valence-corrected chi connectivity index (χ4v) is 3.61. The Morgan fingerprint density at radius 3 is 2.75 bits per heavy atom. The number of esters is 1. The molecule has 0 radical (unpaired) electrons. The Kier molecular flexibility index (Phi) is 7.43. The third-order valence-electron chi connectivity index (χ3n) is 5.50. The molecular formula is C23H35N5O4. The van der Waals surface area contributed by atoms with Crippen LogP contribution in [0.4, 0.5) is 0 Å². The van der Waals surface area contributed by atoms with Gasteiger partial charge in [0.1, 0.15) is 17.5 Å². The fraction of sp³-hybridized carbons (Fsp3) is 0.565. The van der Waals surface area contributed by atoms with Crippen LogP contribution in [0.1, 0.15) is 51.7 Å². The normalized spacial score (nSPS) is 20.0. The molecular weight excluding hydrogens is 410 g/mol. The highest BCUT2D eigenvalue weighted by Crippen LogP contribution is 2.35. The Morgan fingerprint density at radius 1 is 1.34 bits per heavy atom. The molecule has 2 aliphatic rings. The van der Waals surface area contributed by atoms with Crippen LogP contribution >= 0.6 is 0 Å². The van der Waals surface area contributed by atoms with Crippen LogP contribution in [-0.4, -0.2) is 48.9 Å². The molecule has 1 aromatic carbocycles. The summed E-state index contributed by atoms with van der Waals surface area (Å²) in [6.45, 7) is 9.04. The Morgan fingerprint density at radius 2 is 2.12 bits per heavy atom. The standard InChI is InChI=1S/C23H35N5O4/c1-22(2,3)31-20(29)23(4,32-25)19-9-7-16-12-15(6-8-18(16)30-19)17-13-27-21(28-14-17)26-11-5-10-24/h6,8,12-13,19H,5,7,9-11,14,24-25H2,1-4H3,(H2,26,27,28)/t19-,23+/m1/s1. The zero-order valence-corrected chi connectivity index (χ0v) is 19.4. The fourth-order valence-electron chi connectivity index (χ4n) is 3.61. The highest BCUT2D eigenvalue weighted by atomic mass is 16.7. The van der Waals surface area contributed by atoms with E-state index < -0.39 is 23.3 Å². The summed E-state index contributed by atoms with van der Waals surface area (Å²) in [5.74, 6) is 6.47. The van der Waals surface area contributed by atoms with Crippen LogP contribution < -0.4 is 27.0 Å². The maximum Gasteiger partial charge on any atom is 0.344 e. The number of ether oxygens (including phenoxy) is 2. The summed E-state index contributed by atoms with van der Waals surface area (Å²) in [6.07, 6.45) is 3.61. The molecule has 2 heterocycles. The maximum atomic E-state index is 12.7. The van der Waals surface area contributed by atoms with Gasteiger partial charge < -0.3 is 25.8 Å². The van der Waals surface area contributed by atoms with Gasteiger partial charge in [-0.2, -0.15) is 0 Å². The highest BCUT2D eigenvalue weighted by Gasteiger charge is 2.48. The Labute approximate surface area is 189 Å². The predicted molar refractivity (Wildman–Crippen MR) is 124 cm³/mol. The summed E-state index contributed by atoms with van der Waals surface area (Å²) < 4.78 is 11.7. The molecule has 0 aliphatic carbocycles. The van der Waals surface area contributed by atoms with Crippen molar-refractivity contribution in [3.8, 4) is 5.75 Å². The first-order chi connectivity index (χ1) is 15.2. The van der Waals surface area contributed by atoms with Gasteiger partial charge in [0, 0.05) is 12.7 Å². The molecule has 0 bridgehead atoms. The van der Waals surface area contributed by atoms with E-state index in [4.69, 9.17) is 25.9 Å². The zero-order valence-electron chi connectivity index (χ0n) is 19.4. The van der Waals surface area contributed by atoms with Crippen molar-refractivity contribution in [2.45, 2.75) is 64.3 Å². The molecule has 2 aliphatic heterocycles. The molecule has 6 N–H and O–H groups in total. The molecule has 3 rings (SSSR count). The Balaban J connectivity index is 1.67. The Hall–Kier alpha value is -2.62. The van der Waals surface area contributed by atoms with Crippen LogP contribution in [0.5, 0.6) is 5.75 Å². The second-order valence-electron chi connectivity index (χ2n) is 9.24. The van der Waals surface area contributed by atoms with Crippen molar-refractivity contribution >= 4 is 17.5 Å². The number of rotatable bonds is 7. The molecule has 176 valence electrons. The molecule has 32 heavy (non-hydrogen) atoms. The van der Waals surface area contributed by atoms with Crippen molar-refractivity contribution in [3.05, 3.63) is 35.5 Å². The minimum absolute atomic E-state index is 0.537. The highest BCUT2D eigenvalue weighted by molar-refractivity contribution is 5.86. The molecule has 0 amide bonds. The first-order valence-corrected chi connectivity index (χ1v) is 11.0. The Bertz CT molecular complexity index is 893. The number of aryl methyl sites for hydroxylation is 1. The van der Waals surface area contributed by atoms with E-state index in [-0.39, 0.29) is 0 Å². The number of hydrogen-bond acceptors (Lipinski definition) is 9. The van der Waals surface area contributed by atoms with Gasteiger partial charge in [-0.05, 0) is 82.3 Å². The first-order valence-electron chi connectivity index (χ1n) is 11.0. The van der Waals surface area contributed by atoms with E-state index in [1.807, 2.05) is 18.3 Å². The van der Waals surface area contributed by atoms with Gasteiger partial charge in [0.25, 0.3) is 0 Å². The molecule has 0 saturated heterocycles. The van der Waals surface area contributed by atoms with Crippen LogP contribution in [0.3, 0.4) is 0 Å². The van der Waals surface area contributed by atoms with Gasteiger partial charge in [-0.25, -0.2) is 15.7 Å². The molecule has 0 saturated carbocycles. The molecule has 9 nitrogen and oxygen atoms in total. The molecule has 1 aromatic rings. The lowest BCUT2D eigenvalue weighted by molar-refractivity contribution is -0.196. The van der Waals surface area contributed by atoms with E-state index in [1.54, 1.807) is 27.7 Å². The van der Waals surface area contributed by atoms with Crippen molar-refractivity contribution < 1.29 is 19.1 Å². The number of carbonyl (C=O) groups is 1. The van der Waals surface area contributed by atoms with Crippen molar-refractivity contribution in [1.82, 2.24) is 10.6 Å². The number of benzene rings is 1. The number of nitrogens with zero attached hydrogens (tertiary/aromatic N) is 1. The quantitative estimate of drug-likeness (QED) is 0.283. The summed E-state index contributed by atoms with van der Waals surface area (Å²) in [7, 11) is 0. The smallest absolute Gasteiger partial charge is 0.344 e. The van der Waals surface area contributed by atoms with Crippen LogP contribution in [0.2, 0.25) is 0 Å². The number of fused-ring (bicyclic) bond motifs is 1. The van der Waals surface area contributed by atoms with Gasteiger partial charge in [-0.15, -0.1) is 0 Å². The lowest BCUT2D eigenvalue weighted by Crippen LogP contribution is -2.56. The van der Waals surface area contributed by atoms with E-state index in [1.165, 1.54) is 0 Å². The lowest BCUT2D eigenvalue weighted by atomic mass is 9.89. The van der Waals surface area contributed by atoms with Gasteiger partial charge in [0.05, 0.1) is 6.54 Å². The van der Waals surface area contributed by atoms with Crippen LogP contribution in [-0.2, 0) is 20.8 Å². The zero-order chi connectivity index (χ0) is 23.4. The third kappa shape index (κ3) is 5.59. The van der Waals surface area contributed by atoms with Gasteiger partial charge in [0.2, 0.25) is 5.60 Å². The second-order valence-corrected chi connectivity index (χ2v) is 9.24. The third-order valence-corrected chi connectivity index (χ3v) is 5.50. The first kappa shape index (κ1) is 24.0. The number of carbonyl (C=O) groups excluding carboxylic acids is 1. The molecule has 0 fully saturated rings. The monoisotopic (exact) mass is 445 g/mol. The van der Waals surface area contributed by atoms with E-state index in [9.17, 15) is 4.79 Å². The van der Waals surface area contributed by atoms with E-state index in [0.29, 0.717) is 25.3 Å². The molecule has 9 heteroatoms. The summed E-state index contributed by atoms with van der Waals surface area (Å²) in [4.78, 5) is 22.4. The van der Waals surface area contributed by atoms with Crippen molar-refractivity contribution in [3.63, 3.8) is 0 Å². The van der Waals surface area contributed by atoms with E-state index >= 15 is 0 Å². The topological polar surface area (TPSA) is 133 Å². The number of nitrogens with one attached hydrogen (secondary N) is 2. The average molecular weight is 446 g/mol. The van der Waals surface area contributed by atoms with Crippen LogP contribution in [0.25, 0.3) is 5.57 Å². The van der Waals surface area contributed by atoms with Crippen LogP contribution in [0, 0.1) is 0 Å². The largest absolute Gasteiger partial charge is 0.486 e. The van der Waals surface area contributed by atoms with Crippen molar-refractivity contribution in [1.29, 1.82) is 0 Å². The molecule has 0 aromatic heterocycles. The summed E-state index contributed by atoms with van der Waals surface area (Å²) in [6, 6.07) is 6.02. The van der Waals surface area contributed by atoms with Gasteiger partial charge in [-0.1, -0.05) is 6.07 Å². The summed E-state index contributed by atoms with van der Waals surface area (Å²) in [5.41, 5.74) is 6.70. The maximum absolute atomic E-state index is 12.7. The molecule has 2 atom stereocenters. The molecule has 0 unspecified atom stereocenters. The van der Waals surface area contributed by atoms with Gasteiger partial charge in [-0.3, -0.25) is 4.84 Å². The SMILES string of the molecule is CC(C)(C)OC(=O)[C@@](C)(ON)[C@H]1CCc2cc(C3=CNC(NCCCN)=NC3)ccc2O1. The van der Waals surface area contributed by atoms with Crippen molar-refractivity contribution in [2.24, 2.45) is 16.6 Å². The summed E-state index contributed by atoms with van der Waals surface area (Å²) in [5, 5.41) is 6.42. The number of nitrogens with two attached hydrogens (primary N) is 2. The number of guanidine groups is 1. The molecule has 0 spiro atoms. The van der Waals surface area contributed by atoms with Crippen molar-refractivity contribution in [2.75, 3.05) is 19.6 Å². The minimum Gasteiger partial charge on any atom is -0.486 e. The number of aliphatic imine (C=N–C) groups is 1. The second kappa shape index (κ2) is 9.89. The van der Waals surface area contributed by atoms with E-state index in [2.05, 4.69) is 21.7 Å². The van der Waals surface area contributed by atoms with Crippen LogP contribution in [0.15, 0.2) is 29.4 Å². The van der Waals surface area contributed by atoms with Gasteiger partial charge in [0.15, 0.2) is 5.96 Å². The predicted octanol–water partition coefficient (Wildman–Crippen LogP) is 1.61. The summed E-state index contributed by atoms with van der Waals surface area (Å²) >= 11 is 0. The van der Waals surface area contributed by atoms with Gasteiger partial charge >= 0.3 is 5.97 Å². The minimum atomic E-state index is -1.40. The average Bonchev–Trinajstić information content (AvgIpc) is 2.77. The van der Waals surface area contributed by atoms with E-state index in [0.717, 1.165) is 42.0 Å². The lowest BCUT2D eigenvalue weighted by Gasteiger charge is -2.38. The number of hydrogen-bond donors (Lipinski definition) is 4.